The van der Waals surface area contributed by atoms with E-state index < -0.39 is 0 Å². The average Bonchev–Trinajstić information content (AvgIpc) is 1.99. The van der Waals surface area contributed by atoms with Gasteiger partial charge in [-0.2, -0.15) is 0 Å². The first-order chi connectivity index (χ1) is 5.95. The van der Waals surface area contributed by atoms with Crippen molar-refractivity contribution < 1.29 is 0 Å². The minimum absolute atomic E-state index is 0.408. The van der Waals surface area contributed by atoms with Crippen LogP contribution in [0.2, 0.25) is 5.02 Å². The molecule has 0 fully saturated rings. The van der Waals surface area contributed by atoms with Crippen LogP contribution in [0.4, 0.5) is 5.69 Å². The topological polar surface area (TPSA) is 49.9 Å². The Morgan fingerprint density at radius 3 is 2.46 bits per heavy atom. The summed E-state index contributed by atoms with van der Waals surface area (Å²) in [6, 6.07) is 1.85. The Bertz CT molecular complexity index is 370. The summed E-state index contributed by atoms with van der Waals surface area (Å²) in [6.07, 6.45) is 0. The minimum Gasteiger partial charge on any atom is -0.398 e. The second-order valence-corrected chi connectivity index (χ2v) is 3.62. The first-order valence-electron chi connectivity index (χ1n) is 4.06. The van der Waals surface area contributed by atoms with Crippen molar-refractivity contribution in [3.63, 3.8) is 0 Å². The molecule has 3 heteroatoms. The molecule has 2 nitrogen and oxygen atoms in total. The molecule has 1 rings (SSSR count). The molecule has 13 heavy (non-hydrogen) atoms. The highest BCUT2D eigenvalue weighted by Crippen LogP contribution is 2.28. The van der Waals surface area contributed by atoms with Gasteiger partial charge in [-0.3, -0.25) is 0 Å². The summed E-state index contributed by atoms with van der Waals surface area (Å²) in [5.74, 6) is 0. The molecule has 1 aromatic rings. The molecule has 0 aliphatic heterocycles. The maximum atomic E-state index is 7.52. The summed E-state index contributed by atoms with van der Waals surface area (Å²) < 4.78 is 0. The lowest BCUT2D eigenvalue weighted by atomic mass is 10.0. The van der Waals surface area contributed by atoms with Crippen molar-refractivity contribution in [2.24, 2.45) is 0 Å². The number of hydrogen-bond acceptors (Lipinski definition) is 2. The number of nitrogen functional groups attached to an aromatic ring is 1. The Labute approximate surface area is 83.2 Å². The van der Waals surface area contributed by atoms with Crippen LogP contribution in [0.1, 0.15) is 23.6 Å². The van der Waals surface area contributed by atoms with E-state index in [0.29, 0.717) is 22.0 Å². The van der Waals surface area contributed by atoms with E-state index in [1.807, 2.05) is 19.9 Å². The van der Waals surface area contributed by atoms with Gasteiger partial charge in [0.15, 0.2) is 0 Å². The first kappa shape index (κ1) is 10.1. The Morgan fingerprint density at radius 1 is 1.46 bits per heavy atom. The van der Waals surface area contributed by atoms with E-state index >= 15 is 0 Å². The molecule has 1 aromatic carbocycles. The summed E-state index contributed by atoms with van der Waals surface area (Å²) in [5, 5.41) is 8.08. The van der Waals surface area contributed by atoms with E-state index in [0.717, 1.165) is 11.1 Å². The lowest BCUT2D eigenvalue weighted by molar-refractivity contribution is 1.33. The van der Waals surface area contributed by atoms with Gasteiger partial charge >= 0.3 is 0 Å². The van der Waals surface area contributed by atoms with Gasteiger partial charge in [-0.15, -0.1) is 0 Å². The molecule has 0 aliphatic carbocycles. The van der Waals surface area contributed by atoms with Crippen molar-refractivity contribution in [1.82, 2.24) is 0 Å². The van der Waals surface area contributed by atoms with E-state index in [9.17, 15) is 0 Å². The molecule has 0 amide bonds. The van der Waals surface area contributed by atoms with E-state index in [4.69, 9.17) is 22.7 Å². The van der Waals surface area contributed by atoms with Gasteiger partial charge in [0.05, 0.1) is 5.02 Å². The highest BCUT2D eigenvalue weighted by molar-refractivity contribution is 6.35. The highest BCUT2D eigenvalue weighted by Gasteiger charge is 2.11. The molecule has 0 atom stereocenters. The maximum absolute atomic E-state index is 7.52. The van der Waals surface area contributed by atoms with Gasteiger partial charge in [-0.05, 0) is 38.0 Å². The smallest absolute Gasteiger partial charge is 0.0519 e. The molecule has 0 saturated carbocycles. The summed E-state index contributed by atoms with van der Waals surface area (Å²) in [7, 11) is 0. The summed E-state index contributed by atoms with van der Waals surface area (Å²) in [6.45, 7) is 5.58. The molecule has 70 valence electrons. The third kappa shape index (κ3) is 1.68. The van der Waals surface area contributed by atoms with E-state index in [2.05, 4.69) is 0 Å². The van der Waals surface area contributed by atoms with Crippen LogP contribution in [0, 0.1) is 19.3 Å². The largest absolute Gasteiger partial charge is 0.398 e. The number of halogens is 1. The van der Waals surface area contributed by atoms with Crippen LogP contribution in [0.3, 0.4) is 0 Å². The minimum atomic E-state index is 0.408. The van der Waals surface area contributed by atoms with Crippen LogP contribution in [0.25, 0.3) is 0 Å². The fourth-order valence-electron chi connectivity index (χ4n) is 1.28. The summed E-state index contributed by atoms with van der Waals surface area (Å²) in [5.41, 5.74) is 9.62. The van der Waals surface area contributed by atoms with Crippen LogP contribution in [0.5, 0.6) is 0 Å². The number of nitrogens with one attached hydrogen (secondary N) is 1. The van der Waals surface area contributed by atoms with Crippen LogP contribution < -0.4 is 5.73 Å². The quantitative estimate of drug-likeness (QED) is 0.527. The lowest BCUT2D eigenvalue weighted by Crippen LogP contribution is -2.04. The maximum Gasteiger partial charge on any atom is 0.0519 e. The van der Waals surface area contributed by atoms with Crippen LogP contribution in [-0.2, 0) is 0 Å². The third-order valence-electron chi connectivity index (χ3n) is 2.22. The van der Waals surface area contributed by atoms with Crippen LogP contribution in [0.15, 0.2) is 6.07 Å². The van der Waals surface area contributed by atoms with E-state index in [1.165, 1.54) is 0 Å². The Morgan fingerprint density at radius 2 is 2.00 bits per heavy atom. The number of rotatable bonds is 1. The normalized spacial score (nSPS) is 10.2. The number of nitrogens with two attached hydrogens (primary N) is 1. The predicted molar refractivity (Wildman–Crippen MR) is 57.8 cm³/mol. The van der Waals surface area contributed by atoms with Gasteiger partial charge in [0, 0.05) is 17.0 Å². The van der Waals surface area contributed by atoms with Gasteiger partial charge in [-0.25, -0.2) is 0 Å². The van der Waals surface area contributed by atoms with Gasteiger partial charge in [0.2, 0.25) is 0 Å². The zero-order valence-corrected chi connectivity index (χ0v) is 8.79. The number of aryl methyl sites for hydroxylation is 1. The zero-order chi connectivity index (χ0) is 10.2. The molecule has 0 saturated heterocycles. The highest BCUT2D eigenvalue weighted by atomic mass is 35.5. The second kappa shape index (κ2) is 3.38. The first-order valence-corrected chi connectivity index (χ1v) is 4.43. The van der Waals surface area contributed by atoms with Gasteiger partial charge in [0.1, 0.15) is 0 Å². The van der Waals surface area contributed by atoms with Gasteiger partial charge < -0.3 is 11.1 Å². The van der Waals surface area contributed by atoms with E-state index in [1.54, 1.807) is 6.92 Å². The van der Waals surface area contributed by atoms with Crippen molar-refractivity contribution in [1.29, 1.82) is 5.41 Å². The van der Waals surface area contributed by atoms with Crippen molar-refractivity contribution in [3.05, 3.63) is 27.8 Å². The van der Waals surface area contributed by atoms with Crippen molar-refractivity contribution in [2.45, 2.75) is 20.8 Å². The molecule has 0 spiro atoms. The Kier molecular flexibility index (Phi) is 2.62. The number of anilines is 1. The molecule has 0 radical (unpaired) electrons. The van der Waals surface area contributed by atoms with Crippen molar-refractivity contribution >= 4 is 23.0 Å². The van der Waals surface area contributed by atoms with Gasteiger partial charge in [0.25, 0.3) is 0 Å². The Balaban J connectivity index is 3.53. The molecular formula is C10H13ClN2. The van der Waals surface area contributed by atoms with Crippen LogP contribution in [-0.4, -0.2) is 5.71 Å². The Hall–Kier alpha value is -1.02. The van der Waals surface area contributed by atoms with Crippen molar-refractivity contribution in [2.75, 3.05) is 5.73 Å². The van der Waals surface area contributed by atoms with Crippen molar-refractivity contribution in [3.8, 4) is 0 Å². The molecule has 0 unspecified atom stereocenters. The van der Waals surface area contributed by atoms with Gasteiger partial charge in [-0.1, -0.05) is 11.6 Å². The van der Waals surface area contributed by atoms with E-state index in [-0.39, 0.29) is 0 Å². The third-order valence-corrected chi connectivity index (χ3v) is 2.52. The molecule has 3 N–H and O–H groups in total. The molecule has 0 heterocycles. The standard InChI is InChI=1S/C10H13ClN2/c1-5-4-8(11)9(7(3)12)10(13)6(5)2/h4,12H,13H2,1-3H3. The molecular weight excluding hydrogens is 184 g/mol. The SMILES string of the molecule is CC(=N)c1c(Cl)cc(C)c(C)c1N. The number of benzene rings is 1. The molecule has 0 aromatic heterocycles. The second-order valence-electron chi connectivity index (χ2n) is 3.21. The lowest BCUT2D eigenvalue weighted by Gasteiger charge is -2.11. The van der Waals surface area contributed by atoms with Crippen LogP contribution >= 0.6 is 11.6 Å². The predicted octanol–water partition coefficient (Wildman–Crippen LogP) is 2.93. The fraction of sp³-hybridized carbons (Fsp3) is 0.300. The molecule has 0 bridgehead atoms. The summed E-state index contributed by atoms with van der Waals surface area (Å²) >= 11 is 5.98. The monoisotopic (exact) mass is 196 g/mol. The average molecular weight is 197 g/mol. The fourth-order valence-corrected chi connectivity index (χ4v) is 1.69. The zero-order valence-electron chi connectivity index (χ0n) is 8.03. The number of hydrogen-bond donors (Lipinski definition) is 2. The molecule has 0 aliphatic rings. The summed E-state index contributed by atoms with van der Waals surface area (Å²) in [4.78, 5) is 0.